The summed E-state index contributed by atoms with van der Waals surface area (Å²) in [7, 11) is 0. The van der Waals surface area contributed by atoms with Gasteiger partial charge in [-0.2, -0.15) is 0 Å². The maximum absolute atomic E-state index is 10.3. The van der Waals surface area contributed by atoms with Crippen molar-refractivity contribution in [2.24, 2.45) is 0 Å². The van der Waals surface area contributed by atoms with Crippen molar-refractivity contribution < 1.29 is 14.8 Å². The molecule has 1 aromatic heterocycles. The molecular formula is C7H5ClN2O4. The minimum Gasteiger partial charge on any atom is -0.481 e. The van der Waals surface area contributed by atoms with Gasteiger partial charge in [0.2, 0.25) is 0 Å². The number of halogens is 1. The van der Waals surface area contributed by atoms with Crippen LogP contribution in [0.1, 0.15) is 5.56 Å². The number of hydrogen-bond acceptors (Lipinski definition) is 4. The molecule has 1 N–H and O–H groups in total. The molecular weight excluding hydrogens is 212 g/mol. The smallest absolute Gasteiger partial charge is 0.307 e. The number of nitro groups is 1. The first-order chi connectivity index (χ1) is 6.50. The van der Waals surface area contributed by atoms with Gasteiger partial charge in [-0.1, -0.05) is 11.6 Å². The number of carboxylic acid groups (broad SMARTS) is 1. The predicted octanol–water partition coefficient (Wildman–Crippen LogP) is 1.27. The van der Waals surface area contributed by atoms with E-state index in [1.807, 2.05) is 0 Å². The second-order valence-corrected chi connectivity index (χ2v) is 2.83. The van der Waals surface area contributed by atoms with Gasteiger partial charge in [-0.3, -0.25) is 14.9 Å². The summed E-state index contributed by atoms with van der Waals surface area (Å²) in [4.78, 5) is 23.5. The van der Waals surface area contributed by atoms with Crippen LogP contribution in [-0.4, -0.2) is 21.0 Å². The van der Waals surface area contributed by atoms with Crippen LogP contribution in [0.5, 0.6) is 0 Å². The molecule has 0 saturated carbocycles. The lowest BCUT2D eigenvalue weighted by molar-refractivity contribution is -0.385. The molecule has 0 bridgehead atoms. The van der Waals surface area contributed by atoms with E-state index < -0.39 is 10.9 Å². The summed E-state index contributed by atoms with van der Waals surface area (Å²) in [6.07, 6.45) is 0.598. The predicted molar refractivity (Wildman–Crippen MR) is 47.2 cm³/mol. The molecule has 0 atom stereocenters. The molecule has 0 aliphatic carbocycles. The highest BCUT2D eigenvalue weighted by atomic mass is 35.5. The first-order valence-electron chi connectivity index (χ1n) is 3.51. The number of pyridine rings is 1. The van der Waals surface area contributed by atoms with Gasteiger partial charge in [0.15, 0.2) is 0 Å². The Morgan fingerprint density at radius 1 is 1.71 bits per heavy atom. The highest BCUT2D eigenvalue weighted by Crippen LogP contribution is 2.19. The zero-order valence-corrected chi connectivity index (χ0v) is 7.56. The minimum atomic E-state index is -1.12. The summed E-state index contributed by atoms with van der Waals surface area (Å²) in [6.45, 7) is 0. The molecule has 74 valence electrons. The molecule has 0 aromatic carbocycles. The van der Waals surface area contributed by atoms with Crippen molar-refractivity contribution in [1.29, 1.82) is 0 Å². The number of rotatable bonds is 3. The Kier molecular flexibility index (Phi) is 2.98. The van der Waals surface area contributed by atoms with Crippen LogP contribution >= 0.6 is 11.6 Å². The van der Waals surface area contributed by atoms with E-state index in [0.29, 0.717) is 0 Å². The van der Waals surface area contributed by atoms with Gasteiger partial charge >= 0.3 is 5.97 Å². The summed E-state index contributed by atoms with van der Waals surface area (Å²) in [5, 5.41) is 18.8. The zero-order chi connectivity index (χ0) is 10.7. The van der Waals surface area contributed by atoms with Crippen molar-refractivity contribution in [1.82, 2.24) is 4.98 Å². The third kappa shape index (κ3) is 2.40. The van der Waals surface area contributed by atoms with Crippen molar-refractivity contribution >= 4 is 23.3 Å². The summed E-state index contributed by atoms with van der Waals surface area (Å²) < 4.78 is 0. The molecule has 0 aliphatic heterocycles. The molecule has 0 aliphatic rings. The number of hydrogen-bond donors (Lipinski definition) is 1. The summed E-state index contributed by atoms with van der Waals surface area (Å²) in [5.41, 5.74) is -0.140. The van der Waals surface area contributed by atoms with Crippen molar-refractivity contribution in [3.05, 3.63) is 33.1 Å². The maximum atomic E-state index is 10.3. The molecule has 0 unspecified atom stereocenters. The molecule has 1 rings (SSSR count). The topological polar surface area (TPSA) is 93.3 Å². The molecule has 1 heterocycles. The van der Waals surface area contributed by atoms with Gasteiger partial charge in [-0.25, -0.2) is 4.98 Å². The zero-order valence-electron chi connectivity index (χ0n) is 6.81. The molecule has 0 amide bonds. The molecule has 0 spiro atoms. The lowest BCUT2D eigenvalue weighted by Crippen LogP contribution is -2.02. The van der Waals surface area contributed by atoms with E-state index in [1.165, 1.54) is 0 Å². The Labute approximate surface area is 83.3 Å². The van der Waals surface area contributed by atoms with Gasteiger partial charge in [-0.15, -0.1) is 0 Å². The molecule has 14 heavy (non-hydrogen) atoms. The van der Waals surface area contributed by atoms with Crippen molar-refractivity contribution in [2.45, 2.75) is 6.42 Å². The van der Waals surface area contributed by atoms with Gasteiger partial charge in [0.05, 0.1) is 11.3 Å². The van der Waals surface area contributed by atoms with E-state index in [9.17, 15) is 14.9 Å². The molecule has 0 saturated heterocycles. The average molecular weight is 217 g/mol. The maximum Gasteiger partial charge on any atom is 0.307 e. The van der Waals surface area contributed by atoms with Gasteiger partial charge in [0, 0.05) is 11.6 Å². The Morgan fingerprint density at radius 2 is 2.36 bits per heavy atom. The van der Waals surface area contributed by atoms with Crippen LogP contribution in [0.4, 0.5) is 5.69 Å². The fourth-order valence-electron chi connectivity index (χ4n) is 0.868. The number of aliphatic carboxylic acids is 1. The second-order valence-electron chi connectivity index (χ2n) is 2.47. The molecule has 7 heteroatoms. The highest BCUT2D eigenvalue weighted by molar-refractivity contribution is 6.30. The summed E-state index contributed by atoms with van der Waals surface area (Å²) in [6, 6.07) is 1.10. The van der Waals surface area contributed by atoms with E-state index in [2.05, 4.69) is 4.98 Å². The minimum absolute atomic E-state index is 0.0296. The van der Waals surface area contributed by atoms with Crippen molar-refractivity contribution in [3.8, 4) is 0 Å². The highest BCUT2D eigenvalue weighted by Gasteiger charge is 2.13. The number of carboxylic acids is 1. The van der Waals surface area contributed by atoms with E-state index >= 15 is 0 Å². The third-order valence-corrected chi connectivity index (χ3v) is 1.79. The lowest BCUT2D eigenvalue weighted by atomic mass is 10.2. The van der Waals surface area contributed by atoms with Crippen LogP contribution in [-0.2, 0) is 11.2 Å². The average Bonchev–Trinajstić information content (AvgIpc) is 2.07. The Balaban J connectivity index is 3.08. The van der Waals surface area contributed by atoms with Crippen molar-refractivity contribution in [3.63, 3.8) is 0 Å². The number of nitrogens with zero attached hydrogens (tertiary/aromatic N) is 2. The fraction of sp³-hybridized carbons (Fsp3) is 0.143. The van der Waals surface area contributed by atoms with E-state index in [0.717, 1.165) is 12.3 Å². The van der Waals surface area contributed by atoms with Crippen LogP contribution in [0.3, 0.4) is 0 Å². The first-order valence-corrected chi connectivity index (χ1v) is 3.89. The van der Waals surface area contributed by atoms with Crippen LogP contribution < -0.4 is 0 Å². The molecule has 0 fully saturated rings. The first kappa shape index (κ1) is 10.4. The van der Waals surface area contributed by atoms with Gasteiger partial charge in [0.1, 0.15) is 11.3 Å². The SMILES string of the molecule is O=C(O)Cc1cc([N+](=O)[O-])cnc1Cl. The quantitative estimate of drug-likeness (QED) is 0.467. The van der Waals surface area contributed by atoms with Crippen LogP contribution in [0.15, 0.2) is 12.3 Å². The molecule has 6 nitrogen and oxygen atoms in total. The Bertz CT molecular complexity index is 393. The summed E-state index contributed by atoms with van der Waals surface area (Å²) >= 11 is 5.55. The van der Waals surface area contributed by atoms with Gasteiger partial charge in [-0.05, 0) is 0 Å². The standard InChI is InChI=1S/C7H5ClN2O4/c8-7-4(2-6(11)12)1-5(3-9-7)10(13)14/h1,3H,2H2,(H,11,12). The molecule has 1 aromatic rings. The number of aromatic nitrogens is 1. The van der Waals surface area contributed by atoms with Crippen LogP contribution in [0, 0.1) is 10.1 Å². The fourth-order valence-corrected chi connectivity index (χ4v) is 1.04. The van der Waals surface area contributed by atoms with E-state index in [-0.39, 0.29) is 22.8 Å². The normalized spacial score (nSPS) is 9.79. The monoisotopic (exact) mass is 216 g/mol. The van der Waals surface area contributed by atoms with E-state index in [4.69, 9.17) is 16.7 Å². The van der Waals surface area contributed by atoms with Crippen LogP contribution in [0.25, 0.3) is 0 Å². The van der Waals surface area contributed by atoms with Gasteiger partial charge < -0.3 is 5.11 Å². The van der Waals surface area contributed by atoms with Crippen LogP contribution in [0.2, 0.25) is 5.15 Å². The lowest BCUT2D eigenvalue weighted by Gasteiger charge is -1.99. The summed E-state index contributed by atoms with van der Waals surface area (Å²) in [5.74, 6) is -1.12. The second kappa shape index (κ2) is 4.01. The van der Waals surface area contributed by atoms with Gasteiger partial charge in [0.25, 0.3) is 5.69 Å². The third-order valence-electron chi connectivity index (χ3n) is 1.45. The van der Waals surface area contributed by atoms with Crippen molar-refractivity contribution in [2.75, 3.05) is 0 Å². The Morgan fingerprint density at radius 3 is 2.86 bits per heavy atom. The van der Waals surface area contributed by atoms with E-state index in [1.54, 1.807) is 0 Å². The number of carbonyl (C=O) groups is 1. The molecule has 0 radical (unpaired) electrons. The Hall–Kier alpha value is -1.69. The largest absolute Gasteiger partial charge is 0.481 e.